The first-order valence-electron chi connectivity index (χ1n) is 7.22. The molecule has 0 unspecified atom stereocenters. The van der Waals surface area contributed by atoms with Gasteiger partial charge >= 0.3 is 0 Å². The van der Waals surface area contributed by atoms with Crippen LogP contribution in [0.5, 0.6) is 5.75 Å². The van der Waals surface area contributed by atoms with Gasteiger partial charge in [-0.3, -0.25) is 0 Å². The second-order valence-corrected chi connectivity index (χ2v) is 5.42. The highest BCUT2D eigenvalue weighted by Crippen LogP contribution is 2.42. The maximum absolute atomic E-state index is 5.49. The molecule has 0 fully saturated rings. The van der Waals surface area contributed by atoms with E-state index in [1.54, 1.807) is 13.4 Å². The molecule has 0 amide bonds. The van der Waals surface area contributed by atoms with E-state index in [2.05, 4.69) is 23.2 Å². The molecule has 0 radical (unpaired) electrons. The molecule has 0 saturated heterocycles. The van der Waals surface area contributed by atoms with Gasteiger partial charge in [0.05, 0.1) is 19.1 Å². The summed E-state index contributed by atoms with van der Waals surface area (Å²) in [4.78, 5) is 11.1. The molecule has 0 aliphatic carbocycles. The Morgan fingerprint density at radius 2 is 1.91 bits per heavy atom. The highest BCUT2D eigenvalue weighted by atomic mass is 16.5. The van der Waals surface area contributed by atoms with Gasteiger partial charge < -0.3 is 9.64 Å². The normalized spacial score (nSPS) is 13.1. The van der Waals surface area contributed by atoms with Crippen LogP contribution in [-0.4, -0.2) is 38.3 Å². The molecule has 0 bridgehead atoms. The summed E-state index contributed by atoms with van der Waals surface area (Å²) >= 11 is 0. The van der Waals surface area contributed by atoms with E-state index < -0.39 is 0 Å². The number of hydrogen-bond acceptors (Lipinski definition) is 3. The van der Waals surface area contributed by atoms with Crippen LogP contribution in [-0.2, 0) is 6.42 Å². The molecule has 1 aliphatic rings. The van der Waals surface area contributed by atoms with Crippen molar-refractivity contribution in [1.82, 2.24) is 4.90 Å². The summed E-state index contributed by atoms with van der Waals surface area (Å²) in [6.07, 6.45) is 2.48. The standard InChI is InChI=1S/C18H19N3O/c1-21(2)12-19-17-11-15-16(22-3)10-9-14(18(15)20-17)13-7-5-4-6-8-13/h4-10,12H,11H2,1-3H3. The predicted molar refractivity (Wildman–Crippen MR) is 91.4 cm³/mol. The maximum Gasteiger partial charge on any atom is 0.135 e. The van der Waals surface area contributed by atoms with E-state index in [4.69, 9.17) is 9.73 Å². The summed E-state index contributed by atoms with van der Waals surface area (Å²) in [5.74, 6) is 1.68. The highest BCUT2D eigenvalue weighted by Gasteiger charge is 2.22. The quantitative estimate of drug-likeness (QED) is 0.641. The average molecular weight is 293 g/mol. The van der Waals surface area contributed by atoms with Crippen LogP contribution in [0.2, 0.25) is 0 Å². The van der Waals surface area contributed by atoms with Gasteiger partial charge in [-0.05, 0) is 17.7 Å². The van der Waals surface area contributed by atoms with Gasteiger partial charge in [-0.15, -0.1) is 0 Å². The molecule has 0 N–H and O–H groups in total. The second-order valence-electron chi connectivity index (χ2n) is 5.42. The molecule has 1 aliphatic heterocycles. The lowest BCUT2D eigenvalue weighted by atomic mass is 9.99. The van der Waals surface area contributed by atoms with Crippen molar-refractivity contribution in [3.8, 4) is 16.9 Å². The zero-order valence-corrected chi connectivity index (χ0v) is 13.1. The van der Waals surface area contributed by atoms with E-state index in [1.165, 1.54) is 0 Å². The fourth-order valence-electron chi connectivity index (χ4n) is 2.54. The molecule has 3 rings (SSSR count). The summed E-state index contributed by atoms with van der Waals surface area (Å²) in [6, 6.07) is 14.4. The van der Waals surface area contributed by atoms with Crippen LogP contribution in [0.25, 0.3) is 11.1 Å². The number of methoxy groups -OCH3 is 1. The Balaban J connectivity index is 2.07. The first kappa shape index (κ1) is 14.3. The molecular weight excluding hydrogens is 274 g/mol. The van der Waals surface area contributed by atoms with Crippen molar-refractivity contribution >= 4 is 17.9 Å². The first-order valence-corrected chi connectivity index (χ1v) is 7.22. The monoisotopic (exact) mass is 293 g/mol. The summed E-state index contributed by atoms with van der Waals surface area (Å²) in [7, 11) is 5.59. The van der Waals surface area contributed by atoms with Gasteiger partial charge in [0.15, 0.2) is 0 Å². The molecular formula is C18H19N3O. The molecule has 4 heteroatoms. The third kappa shape index (κ3) is 2.72. The molecule has 1 heterocycles. The number of hydrogen-bond donors (Lipinski definition) is 0. The highest BCUT2D eigenvalue weighted by molar-refractivity contribution is 6.00. The van der Waals surface area contributed by atoms with Crippen molar-refractivity contribution < 1.29 is 4.74 Å². The van der Waals surface area contributed by atoms with E-state index in [0.29, 0.717) is 6.42 Å². The lowest BCUT2D eigenvalue weighted by molar-refractivity contribution is 0.411. The Hall–Kier alpha value is -2.62. The van der Waals surface area contributed by atoms with Crippen molar-refractivity contribution in [2.24, 2.45) is 9.98 Å². The zero-order chi connectivity index (χ0) is 15.5. The van der Waals surface area contributed by atoms with Crippen molar-refractivity contribution in [2.75, 3.05) is 21.2 Å². The van der Waals surface area contributed by atoms with Gasteiger partial charge in [-0.2, -0.15) is 0 Å². The van der Waals surface area contributed by atoms with Crippen molar-refractivity contribution in [1.29, 1.82) is 0 Å². The number of rotatable bonds is 3. The van der Waals surface area contributed by atoms with Crippen LogP contribution in [0.3, 0.4) is 0 Å². The first-order chi connectivity index (χ1) is 10.7. The Labute approximate surface area is 130 Å². The van der Waals surface area contributed by atoms with E-state index in [-0.39, 0.29) is 0 Å². The predicted octanol–water partition coefficient (Wildman–Crippen LogP) is 3.54. The summed E-state index contributed by atoms with van der Waals surface area (Å²) in [6.45, 7) is 0. The van der Waals surface area contributed by atoms with E-state index >= 15 is 0 Å². The minimum atomic E-state index is 0.698. The van der Waals surface area contributed by atoms with Gasteiger partial charge in [0.25, 0.3) is 0 Å². The minimum absolute atomic E-state index is 0.698. The minimum Gasteiger partial charge on any atom is -0.496 e. The molecule has 4 nitrogen and oxygen atoms in total. The Kier molecular flexibility index (Phi) is 3.92. The largest absolute Gasteiger partial charge is 0.496 e. The van der Waals surface area contributed by atoms with Crippen LogP contribution < -0.4 is 4.74 Å². The van der Waals surface area contributed by atoms with E-state index in [9.17, 15) is 0 Å². The summed E-state index contributed by atoms with van der Waals surface area (Å²) < 4.78 is 5.49. The number of amidine groups is 1. The topological polar surface area (TPSA) is 37.2 Å². The number of benzene rings is 2. The molecule has 112 valence electrons. The fourth-order valence-corrected chi connectivity index (χ4v) is 2.54. The zero-order valence-electron chi connectivity index (χ0n) is 13.1. The number of fused-ring (bicyclic) bond motifs is 1. The van der Waals surface area contributed by atoms with Gasteiger partial charge in [-0.25, -0.2) is 9.98 Å². The van der Waals surface area contributed by atoms with Gasteiger partial charge in [0.2, 0.25) is 0 Å². The van der Waals surface area contributed by atoms with E-state index in [0.717, 1.165) is 34.0 Å². The molecule has 0 aromatic heterocycles. The lowest BCUT2D eigenvalue weighted by Gasteiger charge is -2.10. The Morgan fingerprint density at radius 1 is 1.14 bits per heavy atom. The van der Waals surface area contributed by atoms with Crippen LogP contribution in [0, 0.1) is 0 Å². The van der Waals surface area contributed by atoms with Gasteiger partial charge in [0.1, 0.15) is 11.6 Å². The molecule has 0 saturated carbocycles. The van der Waals surface area contributed by atoms with E-state index in [1.807, 2.05) is 43.3 Å². The Morgan fingerprint density at radius 3 is 2.59 bits per heavy atom. The lowest BCUT2D eigenvalue weighted by Crippen LogP contribution is -2.09. The number of ether oxygens (including phenoxy) is 1. The van der Waals surface area contributed by atoms with Gasteiger partial charge in [-0.1, -0.05) is 30.3 Å². The van der Waals surface area contributed by atoms with Crippen LogP contribution in [0.15, 0.2) is 52.4 Å². The van der Waals surface area contributed by atoms with Crippen molar-refractivity contribution in [3.05, 3.63) is 48.0 Å². The molecule has 2 aromatic carbocycles. The fraction of sp³-hybridized carbons (Fsp3) is 0.222. The Bertz CT molecular complexity index is 733. The maximum atomic E-state index is 5.49. The summed E-state index contributed by atoms with van der Waals surface area (Å²) in [5.41, 5.74) is 4.35. The molecule has 0 spiro atoms. The second kappa shape index (κ2) is 6.02. The average Bonchev–Trinajstić information content (AvgIpc) is 2.97. The number of aliphatic imine (C=N–C) groups is 2. The van der Waals surface area contributed by atoms with Crippen molar-refractivity contribution in [3.63, 3.8) is 0 Å². The van der Waals surface area contributed by atoms with Crippen LogP contribution in [0.4, 0.5) is 5.69 Å². The van der Waals surface area contributed by atoms with Crippen molar-refractivity contribution in [2.45, 2.75) is 6.42 Å². The smallest absolute Gasteiger partial charge is 0.135 e. The van der Waals surface area contributed by atoms with Gasteiger partial charge in [0, 0.05) is 31.6 Å². The molecule has 0 atom stereocenters. The van der Waals surface area contributed by atoms with Crippen LogP contribution >= 0.6 is 0 Å². The van der Waals surface area contributed by atoms with Crippen LogP contribution in [0.1, 0.15) is 5.56 Å². The molecule has 22 heavy (non-hydrogen) atoms. The third-order valence-corrected chi connectivity index (χ3v) is 3.56. The molecule has 2 aromatic rings. The third-order valence-electron chi connectivity index (χ3n) is 3.56. The number of nitrogens with zero attached hydrogens (tertiary/aromatic N) is 3. The SMILES string of the molecule is COc1ccc(-c2ccccc2)c2c1CC(N=CN(C)C)=N2. The summed E-state index contributed by atoms with van der Waals surface area (Å²) in [5, 5.41) is 0.